The number of oxazole rings is 1. The van der Waals surface area contributed by atoms with E-state index in [1.807, 2.05) is 21.9 Å². The highest BCUT2D eigenvalue weighted by Crippen LogP contribution is 2.38. The van der Waals surface area contributed by atoms with Gasteiger partial charge in [-0.3, -0.25) is 9.59 Å². The number of nitrogens with zero attached hydrogens (tertiary/aromatic N) is 4. The highest BCUT2D eigenvalue weighted by Gasteiger charge is 2.32. The lowest BCUT2D eigenvalue weighted by molar-refractivity contribution is -0.134. The first kappa shape index (κ1) is 26.9. The van der Waals surface area contributed by atoms with Crippen LogP contribution >= 0.6 is 0 Å². The molecule has 8 nitrogen and oxygen atoms in total. The monoisotopic (exact) mass is 530 g/mol. The zero-order valence-electron chi connectivity index (χ0n) is 23.4. The quantitative estimate of drug-likeness (QED) is 0.449. The molecule has 39 heavy (non-hydrogen) atoms. The van der Waals surface area contributed by atoms with Crippen molar-refractivity contribution in [3.8, 4) is 5.75 Å². The molecule has 1 fully saturated rings. The number of ether oxygens (including phenoxy) is 1. The normalized spacial score (nSPS) is 17.8. The standard InChI is InChI=1S/C31H38N4O4/c1-21(2)17-29(36)35-12-11-23-9-10-25(18-26(23)30(35)24-7-5-22(3)6-8-24)38-20-28-32-27(19-39-28)31(37)34-15-13-33(4)14-16-34/h5-10,18-19,21,30H,11-17,20H2,1-4H3. The molecular weight excluding hydrogens is 492 g/mol. The zero-order chi connectivity index (χ0) is 27.5. The maximum atomic E-state index is 13.3. The number of benzene rings is 2. The maximum Gasteiger partial charge on any atom is 0.275 e. The smallest absolute Gasteiger partial charge is 0.275 e. The molecule has 206 valence electrons. The van der Waals surface area contributed by atoms with Crippen LogP contribution in [0.25, 0.3) is 0 Å². The highest BCUT2D eigenvalue weighted by atomic mass is 16.5. The maximum absolute atomic E-state index is 13.3. The summed E-state index contributed by atoms with van der Waals surface area (Å²) in [6.45, 7) is 10.1. The fraction of sp³-hybridized carbons (Fsp3) is 0.452. The lowest BCUT2D eigenvalue weighted by atomic mass is 9.87. The molecule has 0 aliphatic carbocycles. The van der Waals surface area contributed by atoms with Gasteiger partial charge >= 0.3 is 0 Å². The number of piperazine rings is 1. The number of likely N-dealkylation sites (N-methyl/N-ethyl adjacent to an activating group) is 1. The van der Waals surface area contributed by atoms with Crippen LogP contribution in [0.15, 0.2) is 53.1 Å². The molecule has 1 atom stereocenters. The van der Waals surface area contributed by atoms with E-state index in [0.29, 0.717) is 49.3 Å². The van der Waals surface area contributed by atoms with Crippen LogP contribution in [-0.2, 0) is 17.8 Å². The number of carbonyl (C=O) groups excluding carboxylic acids is 2. The molecule has 1 unspecified atom stereocenters. The van der Waals surface area contributed by atoms with Crippen LogP contribution in [0, 0.1) is 12.8 Å². The van der Waals surface area contributed by atoms with Gasteiger partial charge in [-0.15, -0.1) is 0 Å². The van der Waals surface area contributed by atoms with E-state index in [-0.39, 0.29) is 24.5 Å². The van der Waals surface area contributed by atoms with Crippen molar-refractivity contribution in [3.63, 3.8) is 0 Å². The Morgan fingerprint density at radius 2 is 1.79 bits per heavy atom. The lowest BCUT2D eigenvalue weighted by Crippen LogP contribution is -2.47. The van der Waals surface area contributed by atoms with Gasteiger partial charge in [0.15, 0.2) is 12.3 Å². The summed E-state index contributed by atoms with van der Waals surface area (Å²) < 4.78 is 11.7. The Kier molecular flexibility index (Phi) is 8.02. The molecule has 1 aromatic heterocycles. The van der Waals surface area contributed by atoms with Crippen molar-refractivity contribution in [2.24, 2.45) is 5.92 Å². The van der Waals surface area contributed by atoms with E-state index in [2.05, 4.69) is 68.0 Å². The second-order valence-electron chi connectivity index (χ2n) is 11.1. The van der Waals surface area contributed by atoms with Crippen molar-refractivity contribution in [3.05, 3.63) is 82.6 Å². The lowest BCUT2D eigenvalue weighted by Gasteiger charge is -2.38. The molecule has 2 aliphatic heterocycles. The van der Waals surface area contributed by atoms with Gasteiger partial charge in [-0.25, -0.2) is 4.98 Å². The number of rotatable bonds is 7. The highest BCUT2D eigenvalue weighted by molar-refractivity contribution is 5.92. The third kappa shape index (κ3) is 6.17. The Morgan fingerprint density at radius 1 is 1.05 bits per heavy atom. The summed E-state index contributed by atoms with van der Waals surface area (Å²) in [7, 11) is 2.05. The van der Waals surface area contributed by atoms with Crippen molar-refractivity contribution < 1.29 is 18.7 Å². The summed E-state index contributed by atoms with van der Waals surface area (Å²) in [4.78, 5) is 36.5. The van der Waals surface area contributed by atoms with Crippen LogP contribution in [0.2, 0.25) is 0 Å². The number of hydrogen-bond acceptors (Lipinski definition) is 6. The third-order valence-corrected chi connectivity index (χ3v) is 7.57. The molecule has 0 bridgehead atoms. The summed E-state index contributed by atoms with van der Waals surface area (Å²) in [6.07, 6.45) is 2.74. The van der Waals surface area contributed by atoms with Gasteiger partial charge in [0.05, 0.1) is 6.04 Å². The Bertz CT molecular complexity index is 1310. The van der Waals surface area contributed by atoms with E-state index < -0.39 is 0 Å². The number of aryl methyl sites for hydroxylation is 1. The van der Waals surface area contributed by atoms with Crippen molar-refractivity contribution in [1.82, 2.24) is 19.7 Å². The summed E-state index contributed by atoms with van der Waals surface area (Å²) in [5, 5.41) is 0. The minimum absolute atomic E-state index is 0.111. The predicted molar refractivity (Wildman–Crippen MR) is 149 cm³/mol. The second kappa shape index (κ2) is 11.6. The Hall–Kier alpha value is -3.65. The van der Waals surface area contributed by atoms with Gasteiger partial charge in [0.1, 0.15) is 12.0 Å². The topological polar surface area (TPSA) is 79.1 Å². The van der Waals surface area contributed by atoms with Crippen LogP contribution in [-0.4, -0.2) is 71.3 Å². The molecular formula is C31H38N4O4. The largest absolute Gasteiger partial charge is 0.484 e. The van der Waals surface area contributed by atoms with E-state index in [1.54, 1.807) is 0 Å². The first-order chi connectivity index (χ1) is 18.8. The number of hydrogen-bond donors (Lipinski definition) is 0. The number of aromatic nitrogens is 1. The Balaban J connectivity index is 1.33. The van der Waals surface area contributed by atoms with Crippen LogP contribution < -0.4 is 4.74 Å². The van der Waals surface area contributed by atoms with Crippen LogP contribution in [0.5, 0.6) is 5.75 Å². The molecule has 3 heterocycles. The van der Waals surface area contributed by atoms with Gasteiger partial charge in [-0.2, -0.15) is 0 Å². The van der Waals surface area contributed by atoms with Gasteiger partial charge in [0, 0.05) is 39.1 Å². The molecule has 2 aliphatic rings. The van der Waals surface area contributed by atoms with E-state index in [1.165, 1.54) is 17.4 Å². The predicted octanol–water partition coefficient (Wildman–Crippen LogP) is 4.47. The molecule has 0 saturated carbocycles. The first-order valence-electron chi connectivity index (χ1n) is 13.8. The number of fused-ring (bicyclic) bond motifs is 1. The fourth-order valence-corrected chi connectivity index (χ4v) is 5.32. The molecule has 2 aromatic carbocycles. The average Bonchev–Trinajstić information content (AvgIpc) is 3.40. The molecule has 5 rings (SSSR count). The second-order valence-corrected chi connectivity index (χ2v) is 11.1. The average molecular weight is 531 g/mol. The van der Waals surface area contributed by atoms with Crippen molar-refractivity contribution in [1.29, 1.82) is 0 Å². The molecule has 2 amide bonds. The third-order valence-electron chi connectivity index (χ3n) is 7.57. The van der Waals surface area contributed by atoms with Crippen molar-refractivity contribution in [2.75, 3.05) is 39.8 Å². The van der Waals surface area contributed by atoms with E-state index in [4.69, 9.17) is 9.15 Å². The molecule has 0 radical (unpaired) electrons. The van der Waals surface area contributed by atoms with E-state index in [9.17, 15) is 9.59 Å². The summed E-state index contributed by atoms with van der Waals surface area (Å²) in [6, 6.07) is 14.3. The van der Waals surface area contributed by atoms with Gasteiger partial charge in [-0.1, -0.05) is 49.7 Å². The Labute approximate surface area is 230 Å². The minimum Gasteiger partial charge on any atom is -0.484 e. The van der Waals surface area contributed by atoms with E-state index in [0.717, 1.165) is 30.6 Å². The molecule has 0 spiro atoms. The molecule has 8 heteroatoms. The van der Waals surface area contributed by atoms with Crippen LogP contribution in [0.3, 0.4) is 0 Å². The van der Waals surface area contributed by atoms with Gasteiger partial charge < -0.3 is 23.9 Å². The van der Waals surface area contributed by atoms with Gasteiger partial charge in [0.25, 0.3) is 5.91 Å². The molecule has 0 N–H and O–H groups in total. The van der Waals surface area contributed by atoms with Crippen LogP contribution in [0.1, 0.15) is 64.9 Å². The summed E-state index contributed by atoms with van der Waals surface area (Å²) in [5.74, 6) is 1.38. The number of carbonyl (C=O) groups is 2. The van der Waals surface area contributed by atoms with Crippen LogP contribution in [0.4, 0.5) is 0 Å². The molecule has 1 saturated heterocycles. The SMILES string of the molecule is Cc1ccc(C2c3cc(OCc4nc(C(=O)N5CCN(C)CC5)co4)ccc3CCN2C(=O)CC(C)C)cc1. The minimum atomic E-state index is -0.168. The van der Waals surface area contributed by atoms with Gasteiger partial charge in [0.2, 0.25) is 11.8 Å². The summed E-state index contributed by atoms with van der Waals surface area (Å²) in [5.41, 5.74) is 4.89. The van der Waals surface area contributed by atoms with E-state index >= 15 is 0 Å². The van der Waals surface area contributed by atoms with Crippen molar-refractivity contribution >= 4 is 11.8 Å². The Morgan fingerprint density at radius 3 is 2.51 bits per heavy atom. The van der Waals surface area contributed by atoms with Gasteiger partial charge in [-0.05, 0) is 55.1 Å². The summed E-state index contributed by atoms with van der Waals surface area (Å²) >= 11 is 0. The first-order valence-corrected chi connectivity index (χ1v) is 13.8. The fourth-order valence-electron chi connectivity index (χ4n) is 5.32. The molecule has 3 aromatic rings. The van der Waals surface area contributed by atoms with Crippen molar-refractivity contribution in [2.45, 2.75) is 46.3 Å². The number of amides is 2. The zero-order valence-corrected chi connectivity index (χ0v) is 23.4.